The number of carbonyl (C=O) groups excluding carboxylic acids is 1. The van der Waals surface area contributed by atoms with E-state index in [4.69, 9.17) is 5.73 Å². The number of nitrogens with two attached hydrogens (primary N) is 1. The van der Waals surface area contributed by atoms with Gasteiger partial charge in [0.1, 0.15) is 0 Å². The number of rotatable bonds is 3. The van der Waals surface area contributed by atoms with Crippen molar-refractivity contribution in [2.45, 2.75) is 13.5 Å². The zero-order valence-corrected chi connectivity index (χ0v) is 11.6. The van der Waals surface area contributed by atoms with Crippen LogP contribution in [0.4, 0.5) is 11.4 Å². The molecular formula is C15H15N5O. The molecule has 0 saturated carbocycles. The Morgan fingerprint density at radius 2 is 2.24 bits per heavy atom. The van der Waals surface area contributed by atoms with E-state index in [1.54, 1.807) is 23.1 Å². The molecule has 0 aliphatic carbocycles. The quantitative estimate of drug-likeness (QED) is 0.771. The minimum Gasteiger partial charge on any atom is -0.396 e. The maximum atomic E-state index is 12.2. The molecule has 0 radical (unpaired) electrons. The Balaban J connectivity index is 1.87. The molecule has 0 atom stereocenters. The molecular weight excluding hydrogens is 266 g/mol. The van der Waals surface area contributed by atoms with Crippen LogP contribution in [0.1, 0.15) is 17.4 Å². The van der Waals surface area contributed by atoms with Crippen molar-refractivity contribution in [2.75, 3.05) is 11.1 Å². The van der Waals surface area contributed by atoms with Gasteiger partial charge in [0.2, 0.25) is 0 Å². The summed E-state index contributed by atoms with van der Waals surface area (Å²) in [6.07, 6.45) is 3.39. The van der Waals surface area contributed by atoms with Crippen molar-refractivity contribution in [1.29, 1.82) is 0 Å². The van der Waals surface area contributed by atoms with E-state index in [1.807, 2.05) is 31.2 Å². The fourth-order valence-corrected chi connectivity index (χ4v) is 2.12. The van der Waals surface area contributed by atoms with Crippen molar-refractivity contribution >= 4 is 28.2 Å². The lowest BCUT2D eigenvalue weighted by Crippen LogP contribution is -2.14. The lowest BCUT2D eigenvalue weighted by Gasteiger charge is -2.05. The minimum absolute atomic E-state index is 0.239. The van der Waals surface area contributed by atoms with Crippen molar-refractivity contribution in [3.63, 3.8) is 0 Å². The lowest BCUT2D eigenvalue weighted by molar-refractivity contribution is 0.102. The van der Waals surface area contributed by atoms with Crippen LogP contribution >= 0.6 is 0 Å². The minimum atomic E-state index is -0.317. The summed E-state index contributed by atoms with van der Waals surface area (Å²) in [7, 11) is 0. The first-order chi connectivity index (χ1) is 10.2. The molecule has 21 heavy (non-hydrogen) atoms. The van der Waals surface area contributed by atoms with Crippen LogP contribution in [-0.4, -0.2) is 20.7 Å². The van der Waals surface area contributed by atoms with E-state index in [9.17, 15) is 4.79 Å². The number of nitrogens with zero attached hydrogens (tertiary/aromatic N) is 3. The molecule has 1 aromatic carbocycles. The molecule has 6 nitrogen and oxygen atoms in total. The van der Waals surface area contributed by atoms with Crippen molar-refractivity contribution in [3.8, 4) is 0 Å². The highest BCUT2D eigenvalue weighted by molar-refractivity contribution is 6.06. The van der Waals surface area contributed by atoms with Crippen molar-refractivity contribution in [2.24, 2.45) is 0 Å². The molecule has 2 aromatic heterocycles. The molecule has 0 saturated heterocycles. The third-order valence-corrected chi connectivity index (χ3v) is 3.19. The lowest BCUT2D eigenvalue weighted by atomic mass is 10.2. The Bertz CT molecular complexity index is 809. The van der Waals surface area contributed by atoms with Gasteiger partial charge >= 0.3 is 0 Å². The molecule has 3 rings (SSSR count). The molecule has 6 heteroatoms. The number of aromatic nitrogens is 3. The smallest absolute Gasteiger partial charge is 0.278 e. The van der Waals surface area contributed by atoms with Crippen LogP contribution in [0.5, 0.6) is 0 Å². The number of amides is 1. The van der Waals surface area contributed by atoms with Gasteiger partial charge in [0.05, 0.1) is 11.2 Å². The number of hydrogen-bond donors (Lipinski definition) is 2. The average Bonchev–Trinajstić information content (AvgIpc) is 2.88. The highest BCUT2D eigenvalue weighted by Gasteiger charge is 2.14. The van der Waals surface area contributed by atoms with Gasteiger partial charge in [0.15, 0.2) is 5.69 Å². The SMILES string of the molecule is CCn1cc(N)c(C(=O)Nc2ccc3ncccc3c2)n1. The normalized spacial score (nSPS) is 10.7. The fraction of sp³-hybridized carbons (Fsp3) is 0.133. The summed E-state index contributed by atoms with van der Waals surface area (Å²) in [6, 6.07) is 9.33. The van der Waals surface area contributed by atoms with Crippen LogP contribution in [0.2, 0.25) is 0 Å². The van der Waals surface area contributed by atoms with Gasteiger partial charge in [-0.2, -0.15) is 5.10 Å². The first-order valence-electron chi connectivity index (χ1n) is 6.66. The summed E-state index contributed by atoms with van der Waals surface area (Å²) in [5.74, 6) is -0.317. The van der Waals surface area contributed by atoms with Gasteiger partial charge in [0, 0.05) is 30.0 Å². The number of nitrogen functional groups attached to an aromatic ring is 1. The summed E-state index contributed by atoms with van der Waals surface area (Å²) in [5, 5.41) is 7.92. The Morgan fingerprint density at radius 1 is 1.38 bits per heavy atom. The summed E-state index contributed by atoms with van der Waals surface area (Å²) >= 11 is 0. The summed E-state index contributed by atoms with van der Waals surface area (Å²) in [4.78, 5) is 16.5. The number of aryl methyl sites for hydroxylation is 1. The number of anilines is 2. The van der Waals surface area contributed by atoms with Gasteiger partial charge in [-0.3, -0.25) is 14.5 Å². The maximum Gasteiger partial charge on any atom is 0.278 e. The van der Waals surface area contributed by atoms with E-state index in [2.05, 4.69) is 15.4 Å². The molecule has 0 unspecified atom stereocenters. The molecule has 0 aliphatic heterocycles. The monoisotopic (exact) mass is 281 g/mol. The third-order valence-electron chi connectivity index (χ3n) is 3.19. The predicted octanol–water partition coefficient (Wildman–Crippen LogP) is 2.29. The highest BCUT2D eigenvalue weighted by Crippen LogP contribution is 2.18. The summed E-state index contributed by atoms with van der Waals surface area (Å²) in [6.45, 7) is 2.60. The van der Waals surface area contributed by atoms with Crippen LogP contribution in [0.15, 0.2) is 42.7 Å². The average molecular weight is 281 g/mol. The molecule has 0 aliphatic rings. The van der Waals surface area contributed by atoms with Gasteiger partial charge in [0.25, 0.3) is 5.91 Å². The van der Waals surface area contributed by atoms with Crippen LogP contribution < -0.4 is 11.1 Å². The number of carbonyl (C=O) groups is 1. The third kappa shape index (κ3) is 2.55. The molecule has 106 valence electrons. The van der Waals surface area contributed by atoms with Gasteiger partial charge in [-0.05, 0) is 31.2 Å². The van der Waals surface area contributed by atoms with Crippen LogP contribution in [-0.2, 0) is 6.54 Å². The standard InChI is InChI=1S/C15H15N5O/c1-2-20-9-12(16)14(19-20)15(21)18-11-5-6-13-10(8-11)4-3-7-17-13/h3-9H,2,16H2,1H3,(H,18,21). The van der Waals surface area contributed by atoms with Crippen LogP contribution in [0.25, 0.3) is 10.9 Å². The topological polar surface area (TPSA) is 85.8 Å². The number of benzene rings is 1. The Kier molecular flexibility index (Phi) is 3.27. The van der Waals surface area contributed by atoms with E-state index in [0.29, 0.717) is 17.9 Å². The summed E-state index contributed by atoms with van der Waals surface area (Å²) < 4.78 is 1.63. The molecule has 1 amide bonds. The second kappa shape index (κ2) is 5.24. The highest BCUT2D eigenvalue weighted by atomic mass is 16.2. The Hall–Kier alpha value is -2.89. The second-order valence-electron chi connectivity index (χ2n) is 4.65. The van der Waals surface area contributed by atoms with E-state index in [-0.39, 0.29) is 11.6 Å². The molecule has 0 spiro atoms. The zero-order chi connectivity index (χ0) is 14.8. The van der Waals surface area contributed by atoms with Gasteiger partial charge in [-0.15, -0.1) is 0 Å². The van der Waals surface area contributed by atoms with E-state index < -0.39 is 0 Å². The molecule has 0 fully saturated rings. The molecule has 2 heterocycles. The van der Waals surface area contributed by atoms with Crippen LogP contribution in [0.3, 0.4) is 0 Å². The van der Waals surface area contributed by atoms with Gasteiger partial charge < -0.3 is 11.1 Å². The summed E-state index contributed by atoms with van der Waals surface area (Å²) in [5.41, 5.74) is 7.98. The number of nitrogens with one attached hydrogen (secondary N) is 1. The van der Waals surface area contributed by atoms with Crippen molar-refractivity contribution < 1.29 is 4.79 Å². The largest absolute Gasteiger partial charge is 0.396 e. The number of fused-ring (bicyclic) bond motifs is 1. The van der Waals surface area contributed by atoms with E-state index in [0.717, 1.165) is 10.9 Å². The molecule has 3 N–H and O–H groups in total. The number of hydrogen-bond acceptors (Lipinski definition) is 4. The fourth-order valence-electron chi connectivity index (χ4n) is 2.12. The molecule has 0 bridgehead atoms. The van der Waals surface area contributed by atoms with Crippen molar-refractivity contribution in [3.05, 3.63) is 48.4 Å². The van der Waals surface area contributed by atoms with E-state index >= 15 is 0 Å². The first kappa shape index (κ1) is 13.1. The Morgan fingerprint density at radius 3 is 3.00 bits per heavy atom. The Labute approximate surface area is 121 Å². The van der Waals surface area contributed by atoms with Gasteiger partial charge in [-0.25, -0.2) is 0 Å². The molecule has 3 aromatic rings. The first-order valence-corrected chi connectivity index (χ1v) is 6.66. The van der Waals surface area contributed by atoms with E-state index in [1.165, 1.54) is 0 Å². The zero-order valence-electron chi connectivity index (χ0n) is 11.6. The predicted molar refractivity (Wildman–Crippen MR) is 82.0 cm³/mol. The van der Waals surface area contributed by atoms with Crippen molar-refractivity contribution in [1.82, 2.24) is 14.8 Å². The van der Waals surface area contributed by atoms with Gasteiger partial charge in [-0.1, -0.05) is 6.07 Å². The van der Waals surface area contributed by atoms with Crippen LogP contribution in [0, 0.1) is 0 Å². The second-order valence-corrected chi connectivity index (χ2v) is 4.65. The number of pyridine rings is 1. The maximum absolute atomic E-state index is 12.2.